The van der Waals surface area contributed by atoms with Crippen molar-refractivity contribution in [1.82, 2.24) is 0 Å². The Labute approximate surface area is 120 Å². The quantitative estimate of drug-likeness (QED) is 0.705. The zero-order chi connectivity index (χ0) is 14.8. The molecule has 0 radical (unpaired) electrons. The molecule has 1 aromatic rings. The van der Waals surface area contributed by atoms with Crippen molar-refractivity contribution in [3.63, 3.8) is 0 Å². The summed E-state index contributed by atoms with van der Waals surface area (Å²) >= 11 is 0. The van der Waals surface area contributed by atoms with Crippen LogP contribution in [0.5, 0.6) is 5.75 Å². The van der Waals surface area contributed by atoms with Crippen molar-refractivity contribution in [2.45, 2.75) is 32.8 Å². The van der Waals surface area contributed by atoms with Crippen LogP contribution in [0.3, 0.4) is 0 Å². The minimum atomic E-state index is -0.933. The largest absolute Gasteiger partial charge is 0.490 e. The Bertz CT molecular complexity index is 423. The third-order valence-electron chi connectivity index (χ3n) is 2.74. The fourth-order valence-corrected chi connectivity index (χ4v) is 1.73. The predicted molar refractivity (Wildman–Crippen MR) is 78.1 cm³/mol. The van der Waals surface area contributed by atoms with E-state index in [1.54, 1.807) is 6.92 Å². The van der Waals surface area contributed by atoms with Crippen LogP contribution in [-0.2, 0) is 16.0 Å². The van der Waals surface area contributed by atoms with Crippen LogP contribution in [-0.4, -0.2) is 30.4 Å². The zero-order valence-electron chi connectivity index (χ0n) is 12.0. The van der Waals surface area contributed by atoms with Gasteiger partial charge in [0.25, 0.3) is 0 Å². The molecule has 1 aromatic carbocycles. The topological polar surface area (TPSA) is 55.8 Å². The summed E-state index contributed by atoms with van der Waals surface area (Å²) in [6.45, 7) is 4.80. The maximum Gasteiger partial charge on any atom is 0.333 e. The fourth-order valence-electron chi connectivity index (χ4n) is 1.73. The van der Waals surface area contributed by atoms with Gasteiger partial charge in [-0.3, -0.25) is 0 Å². The second-order valence-electron chi connectivity index (χ2n) is 4.32. The first kappa shape index (κ1) is 16.2. The highest BCUT2D eigenvalue weighted by Crippen LogP contribution is 2.14. The number of aliphatic carboxylic acids is 1. The standard InChI is InChI=1S/C16H22O4/c1-3-5-6-11-20-14-9-7-13(8-10-14)12-15(16(17)18)19-4-2/h5-10,15H,3-4,11-12H2,1-2H3,(H,17,18). The third-order valence-corrected chi connectivity index (χ3v) is 2.74. The molecule has 0 heterocycles. The van der Waals surface area contributed by atoms with Crippen molar-refractivity contribution >= 4 is 5.97 Å². The van der Waals surface area contributed by atoms with Gasteiger partial charge in [0.2, 0.25) is 0 Å². The van der Waals surface area contributed by atoms with E-state index in [0.717, 1.165) is 17.7 Å². The Morgan fingerprint density at radius 3 is 2.50 bits per heavy atom. The molecule has 0 amide bonds. The molecule has 110 valence electrons. The highest BCUT2D eigenvalue weighted by molar-refractivity contribution is 5.72. The Morgan fingerprint density at radius 2 is 1.95 bits per heavy atom. The van der Waals surface area contributed by atoms with E-state index in [0.29, 0.717) is 19.6 Å². The summed E-state index contributed by atoms with van der Waals surface area (Å²) < 4.78 is 10.7. The summed E-state index contributed by atoms with van der Waals surface area (Å²) in [5, 5.41) is 9.03. The molecule has 1 N–H and O–H groups in total. The van der Waals surface area contributed by atoms with E-state index in [4.69, 9.17) is 14.6 Å². The molecule has 0 saturated carbocycles. The molecular weight excluding hydrogens is 256 g/mol. The normalized spacial score (nSPS) is 12.5. The molecule has 0 aromatic heterocycles. The number of hydrogen-bond donors (Lipinski definition) is 1. The lowest BCUT2D eigenvalue weighted by atomic mass is 10.1. The molecule has 1 rings (SSSR count). The molecule has 0 fully saturated rings. The van der Waals surface area contributed by atoms with Crippen LogP contribution >= 0.6 is 0 Å². The molecule has 4 heteroatoms. The van der Waals surface area contributed by atoms with Crippen molar-refractivity contribution in [3.8, 4) is 5.75 Å². The van der Waals surface area contributed by atoms with E-state index in [1.807, 2.05) is 36.4 Å². The van der Waals surface area contributed by atoms with Gasteiger partial charge < -0.3 is 14.6 Å². The first-order valence-electron chi connectivity index (χ1n) is 6.88. The van der Waals surface area contributed by atoms with Crippen molar-refractivity contribution < 1.29 is 19.4 Å². The third kappa shape index (κ3) is 5.89. The first-order valence-corrected chi connectivity index (χ1v) is 6.88. The highest BCUT2D eigenvalue weighted by Gasteiger charge is 2.17. The number of ether oxygens (including phenoxy) is 2. The van der Waals surface area contributed by atoms with Gasteiger partial charge in [-0.15, -0.1) is 0 Å². The summed E-state index contributed by atoms with van der Waals surface area (Å²) in [7, 11) is 0. The second kappa shape index (κ2) is 9.15. The Kier molecular flexibility index (Phi) is 7.43. The van der Waals surface area contributed by atoms with E-state index < -0.39 is 12.1 Å². The van der Waals surface area contributed by atoms with Gasteiger partial charge in [-0.25, -0.2) is 4.79 Å². The number of allylic oxidation sites excluding steroid dienone is 1. The molecule has 0 aliphatic carbocycles. The molecule has 1 atom stereocenters. The molecule has 1 unspecified atom stereocenters. The van der Waals surface area contributed by atoms with Crippen molar-refractivity contribution in [1.29, 1.82) is 0 Å². The van der Waals surface area contributed by atoms with Gasteiger partial charge in [0.1, 0.15) is 12.4 Å². The van der Waals surface area contributed by atoms with Crippen LogP contribution in [0.4, 0.5) is 0 Å². The minimum Gasteiger partial charge on any atom is -0.490 e. The van der Waals surface area contributed by atoms with Crippen molar-refractivity contribution in [2.75, 3.05) is 13.2 Å². The number of carbonyl (C=O) groups is 1. The van der Waals surface area contributed by atoms with Gasteiger partial charge in [0.15, 0.2) is 6.10 Å². The number of carboxylic acid groups (broad SMARTS) is 1. The van der Waals surface area contributed by atoms with Crippen molar-refractivity contribution in [2.24, 2.45) is 0 Å². The zero-order valence-corrected chi connectivity index (χ0v) is 12.0. The summed E-state index contributed by atoms with van der Waals surface area (Å²) in [4.78, 5) is 11.0. The van der Waals surface area contributed by atoms with Gasteiger partial charge in [-0.1, -0.05) is 31.2 Å². The van der Waals surface area contributed by atoms with Crippen LogP contribution < -0.4 is 4.74 Å². The SMILES string of the molecule is CCC=CCOc1ccc(CC(OCC)C(=O)O)cc1. The Balaban J connectivity index is 2.52. The summed E-state index contributed by atoms with van der Waals surface area (Å²) in [5.41, 5.74) is 0.919. The van der Waals surface area contributed by atoms with Gasteiger partial charge in [-0.05, 0) is 31.0 Å². The van der Waals surface area contributed by atoms with E-state index >= 15 is 0 Å². The molecule has 4 nitrogen and oxygen atoms in total. The van der Waals surface area contributed by atoms with Gasteiger partial charge in [0, 0.05) is 13.0 Å². The lowest BCUT2D eigenvalue weighted by Crippen LogP contribution is -2.26. The molecule has 20 heavy (non-hydrogen) atoms. The Morgan fingerprint density at radius 1 is 1.25 bits per heavy atom. The van der Waals surface area contributed by atoms with Gasteiger partial charge >= 0.3 is 5.97 Å². The average Bonchev–Trinajstić information content (AvgIpc) is 2.44. The average molecular weight is 278 g/mol. The van der Waals surface area contributed by atoms with E-state index in [1.165, 1.54) is 0 Å². The number of hydrogen-bond acceptors (Lipinski definition) is 3. The second-order valence-corrected chi connectivity index (χ2v) is 4.32. The summed E-state index contributed by atoms with van der Waals surface area (Å²) in [5.74, 6) is -0.158. The maximum atomic E-state index is 11.0. The highest BCUT2D eigenvalue weighted by atomic mass is 16.5. The van der Waals surface area contributed by atoms with Crippen LogP contribution in [0.2, 0.25) is 0 Å². The number of rotatable bonds is 9. The van der Waals surface area contributed by atoms with E-state index in [9.17, 15) is 4.79 Å². The Hall–Kier alpha value is -1.81. The van der Waals surface area contributed by atoms with Crippen molar-refractivity contribution in [3.05, 3.63) is 42.0 Å². The van der Waals surface area contributed by atoms with E-state index in [-0.39, 0.29) is 0 Å². The van der Waals surface area contributed by atoms with Gasteiger partial charge in [-0.2, -0.15) is 0 Å². The lowest BCUT2D eigenvalue weighted by molar-refractivity contribution is -0.149. The van der Waals surface area contributed by atoms with Crippen LogP contribution in [0, 0.1) is 0 Å². The first-order chi connectivity index (χ1) is 9.67. The number of carboxylic acids is 1. The summed E-state index contributed by atoms with van der Waals surface area (Å²) in [6, 6.07) is 7.43. The molecule has 0 bridgehead atoms. The predicted octanol–water partition coefficient (Wildman–Crippen LogP) is 3.06. The summed E-state index contributed by atoms with van der Waals surface area (Å²) in [6.07, 6.45) is 4.59. The van der Waals surface area contributed by atoms with Gasteiger partial charge in [0.05, 0.1) is 0 Å². The smallest absolute Gasteiger partial charge is 0.333 e. The lowest BCUT2D eigenvalue weighted by Gasteiger charge is -2.12. The number of benzene rings is 1. The molecule has 0 aliphatic rings. The fraction of sp³-hybridized carbons (Fsp3) is 0.438. The van der Waals surface area contributed by atoms with Crippen LogP contribution in [0.1, 0.15) is 25.8 Å². The molecule has 0 spiro atoms. The van der Waals surface area contributed by atoms with Crippen LogP contribution in [0.25, 0.3) is 0 Å². The molecule has 0 aliphatic heterocycles. The van der Waals surface area contributed by atoms with E-state index in [2.05, 4.69) is 6.92 Å². The minimum absolute atomic E-state index is 0.360. The monoisotopic (exact) mass is 278 g/mol. The molecular formula is C16H22O4. The molecule has 0 saturated heterocycles. The van der Waals surface area contributed by atoms with Crippen LogP contribution in [0.15, 0.2) is 36.4 Å². The maximum absolute atomic E-state index is 11.0.